The monoisotopic (exact) mass is 300 g/mol. The van der Waals surface area contributed by atoms with Crippen molar-refractivity contribution in [2.24, 2.45) is 0 Å². The van der Waals surface area contributed by atoms with Gasteiger partial charge in [0.1, 0.15) is 5.82 Å². The van der Waals surface area contributed by atoms with E-state index in [4.69, 9.17) is 0 Å². The number of amides is 1. The maximum atomic E-state index is 12.1. The molecule has 1 aromatic carbocycles. The van der Waals surface area contributed by atoms with Crippen molar-refractivity contribution in [2.45, 2.75) is 19.4 Å². The van der Waals surface area contributed by atoms with Gasteiger partial charge in [0.15, 0.2) is 0 Å². The number of hydrogen-bond acceptors (Lipinski definition) is 4. The summed E-state index contributed by atoms with van der Waals surface area (Å²) in [5.74, 6) is 0.726. The Morgan fingerprint density at radius 3 is 2.82 bits per heavy atom. The minimum Gasteiger partial charge on any atom is -0.342 e. The van der Waals surface area contributed by atoms with Crippen molar-refractivity contribution < 1.29 is 4.79 Å². The van der Waals surface area contributed by atoms with E-state index in [9.17, 15) is 9.59 Å². The molecule has 1 fully saturated rings. The number of carbonyl (C=O) groups is 1. The lowest BCUT2D eigenvalue weighted by Crippen LogP contribution is -2.37. The van der Waals surface area contributed by atoms with E-state index in [0.29, 0.717) is 29.8 Å². The predicted molar refractivity (Wildman–Crippen MR) is 84.5 cm³/mol. The average Bonchev–Trinajstić information content (AvgIpc) is 3.01. The van der Waals surface area contributed by atoms with Crippen LogP contribution in [0.15, 0.2) is 29.1 Å². The quantitative estimate of drug-likeness (QED) is 0.914. The van der Waals surface area contributed by atoms with Crippen LogP contribution in [0.4, 0.5) is 0 Å². The van der Waals surface area contributed by atoms with E-state index in [1.54, 1.807) is 6.07 Å². The second-order valence-corrected chi connectivity index (χ2v) is 5.79. The number of aromatic nitrogens is 2. The van der Waals surface area contributed by atoms with Crippen LogP contribution >= 0.6 is 0 Å². The number of benzene rings is 1. The van der Waals surface area contributed by atoms with E-state index >= 15 is 0 Å². The number of para-hydroxylation sites is 1. The van der Waals surface area contributed by atoms with Gasteiger partial charge in [-0.3, -0.25) is 14.5 Å². The van der Waals surface area contributed by atoms with Gasteiger partial charge >= 0.3 is 0 Å². The van der Waals surface area contributed by atoms with Crippen LogP contribution in [0, 0.1) is 0 Å². The summed E-state index contributed by atoms with van der Waals surface area (Å²) >= 11 is 0. The standard InChI is InChI=1S/C16H20N4O2/c1-19(11-15(21)20-8-4-5-9-20)10-14-17-13-7-3-2-6-12(13)16(22)18-14/h2-3,6-7H,4-5,8-11H2,1H3,(H,17,18,22). The fourth-order valence-corrected chi connectivity index (χ4v) is 2.82. The fraction of sp³-hybridized carbons (Fsp3) is 0.438. The Kier molecular flexibility index (Phi) is 4.20. The number of rotatable bonds is 4. The molecule has 0 saturated carbocycles. The first-order chi connectivity index (χ1) is 10.6. The first kappa shape index (κ1) is 14.7. The maximum absolute atomic E-state index is 12.1. The van der Waals surface area contributed by atoms with Gasteiger partial charge < -0.3 is 9.88 Å². The summed E-state index contributed by atoms with van der Waals surface area (Å²) in [6.07, 6.45) is 2.18. The highest BCUT2D eigenvalue weighted by Gasteiger charge is 2.19. The maximum Gasteiger partial charge on any atom is 0.258 e. The molecule has 1 aliphatic heterocycles. The molecule has 0 aliphatic carbocycles. The number of likely N-dealkylation sites (N-methyl/N-ethyl adjacent to an activating group) is 1. The summed E-state index contributed by atoms with van der Waals surface area (Å²) < 4.78 is 0. The minimum atomic E-state index is -0.139. The van der Waals surface area contributed by atoms with Crippen LogP contribution in [-0.2, 0) is 11.3 Å². The van der Waals surface area contributed by atoms with Crippen LogP contribution < -0.4 is 5.56 Å². The number of nitrogens with one attached hydrogen (secondary N) is 1. The van der Waals surface area contributed by atoms with Gasteiger partial charge in [-0.15, -0.1) is 0 Å². The molecular formula is C16H20N4O2. The van der Waals surface area contributed by atoms with Crippen molar-refractivity contribution in [1.82, 2.24) is 19.8 Å². The van der Waals surface area contributed by atoms with E-state index in [1.807, 2.05) is 35.0 Å². The number of hydrogen-bond donors (Lipinski definition) is 1. The normalized spacial score (nSPS) is 14.9. The molecule has 0 bridgehead atoms. The molecule has 1 saturated heterocycles. The zero-order chi connectivity index (χ0) is 15.5. The Bertz CT molecular complexity index is 734. The largest absolute Gasteiger partial charge is 0.342 e. The molecule has 1 aromatic heterocycles. The average molecular weight is 300 g/mol. The summed E-state index contributed by atoms with van der Waals surface area (Å²) in [5.41, 5.74) is 0.542. The fourth-order valence-electron chi connectivity index (χ4n) is 2.82. The lowest BCUT2D eigenvalue weighted by molar-refractivity contribution is -0.131. The molecule has 6 nitrogen and oxygen atoms in total. The third kappa shape index (κ3) is 3.17. The topological polar surface area (TPSA) is 69.3 Å². The Morgan fingerprint density at radius 2 is 2.05 bits per heavy atom. The second-order valence-electron chi connectivity index (χ2n) is 5.79. The van der Waals surface area contributed by atoms with Crippen molar-refractivity contribution in [3.8, 4) is 0 Å². The molecule has 116 valence electrons. The molecule has 22 heavy (non-hydrogen) atoms. The van der Waals surface area contributed by atoms with Crippen molar-refractivity contribution >= 4 is 16.8 Å². The number of nitrogens with zero attached hydrogens (tertiary/aromatic N) is 3. The van der Waals surface area contributed by atoms with E-state index in [0.717, 1.165) is 25.9 Å². The lowest BCUT2D eigenvalue weighted by atomic mass is 10.2. The second kappa shape index (κ2) is 6.27. The first-order valence-electron chi connectivity index (χ1n) is 7.58. The molecule has 2 aromatic rings. The van der Waals surface area contributed by atoms with Gasteiger partial charge in [0.25, 0.3) is 5.56 Å². The van der Waals surface area contributed by atoms with Crippen molar-refractivity contribution in [3.05, 3.63) is 40.4 Å². The van der Waals surface area contributed by atoms with Crippen molar-refractivity contribution in [2.75, 3.05) is 26.7 Å². The van der Waals surface area contributed by atoms with Crippen LogP contribution in [0.5, 0.6) is 0 Å². The Hall–Kier alpha value is -2.21. The molecule has 0 atom stereocenters. The molecule has 0 radical (unpaired) electrons. The molecule has 1 amide bonds. The molecule has 6 heteroatoms. The lowest BCUT2D eigenvalue weighted by Gasteiger charge is -2.20. The zero-order valence-corrected chi connectivity index (χ0v) is 12.7. The first-order valence-corrected chi connectivity index (χ1v) is 7.58. The van der Waals surface area contributed by atoms with Crippen LogP contribution in [-0.4, -0.2) is 52.4 Å². The van der Waals surface area contributed by atoms with Crippen LogP contribution in [0.2, 0.25) is 0 Å². The van der Waals surface area contributed by atoms with E-state index in [1.165, 1.54) is 0 Å². The van der Waals surface area contributed by atoms with Gasteiger partial charge in [0.05, 0.1) is 24.0 Å². The third-order valence-corrected chi connectivity index (χ3v) is 3.95. The summed E-state index contributed by atoms with van der Waals surface area (Å²) in [5, 5.41) is 0.585. The Morgan fingerprint density at radius 1 is 1.32 bits per heavy atom. The summed E-state index contributed by atoms with van der Waals surface area (Å²) in [6, 6.07) is 7.26. The highest BCUT2D eigenvalue weighted by molar-refractivity contribution is 5.78. The minimum absolute atomic E-state index is 0.139. The zero-order valence-electron chi connectivity index (χ0n) is 12.7. The van der Waals surface area contributed by atoms with Crippen LogP contribution in [0.25, 0.3) is 10.9 Å². The molecule has 1 aliphatic rings. The number of H-pyrrole nitrogens is 1. The molecule has 2 heterocycles. The van der Waals surface area contributed by atoms with Crippen LogP contribution in [0.1, 0.15) is 18.7 Å². The molecule has 0 spiro atoms. The third-order valence-electron chi connectivity index (χ3n) is 3.95. The van der Waals surface area contributed by atoms with Gasteiger partial charge in [-0.2, -0.15) is 0 Å². The highest BCUT2D eigenvalue weighted by Crippen LogP contribution is 2.09. The van der Waals surface area contributed by atoms with Gasteiger partial charge in [0.2, 0.25) is 5.91 Å². The highest BCUT2D eigenvalue weighted by atomic mass is 16.2. The van der Waals surface area contributed by atoms with Crippen molar-refractivity contribution in [3.63, 3.8) is 0 Å². The van der Waals surface area contributed by atoms with Gasteiger partial charge in [-0.25, -0.2) is 4.98 Å². The van der Waals surface area contributed by atoms with Crippen molar-refractivity contribution in [1.29, 1.82) is 0 Å². The summed E-state index contributed by atoms with van der Waals surface area (Å²) in [4.78, 5) is 35.2. The summed E-state index contributed by atoms with van der Waals surface area (Å²) in [7, 11) is 1.86. The molecule has 3 rings (SSSR count). The molecule has 1 N–H and O–H groups in total. The van der Waals surface area contributed by atoms with Crippen LogP contribution in [0.3, 0.4) is 0 Å². The predicted octanol–water partition coefficient (Wildman–Crippen LogP) is 0.977. The van der Waals surface area contributed by atoms with Gasteiger partial charge in [0, 0.05) is 13.1 Å². The SMILES string of the molecule is CN(CC(=O)N1CCCC1)Cc1nc2ccccc2c(=O)[nH]1. The number of likely N-dealkylation sites (tertiary alicyclic amines) is 1. The Labute approximate surface area is 128 Å². The number of aromatic amines is 1. The molecule has 0 unspecified atom stereocenters. The van der Waals surface area contributed by atoms with Gasteiger partial charge in [-0.1, -0.05) is 12.1 Å². The van der Waals surface area contributed by atoms with Gasteiger partial charge in [-0.05, 0) is 32.0 Å². The number of fused-ring (bicyclic) bond motifs is 1. The molecular weight excluding hydrogens is 280 g/mol. The van der Waals surface area contributed by atoms with E-state index in [2.05, 4.69) is 9.97 Å². The number of carbonyl (C=O) groups excluding carboxylic acids is 1. The van der Waals surface area contributed by atoms with E-state index < -0.39 is 0 Å². The Balaban J connectivity index is 1.69. The van der Waals surface area contributed by atoms with E-state index in [-0.39, 0.29) is 11.5 Å². The summed E-state index contributed by atoms with van der Waals surface area (Å²) in [6.45, 7) is 2.51. The smallest absolute Gasteiger partial charge is 0.258 e.